The average Bonchev–Trinajstić information content (AvgIpc) is 2.33. The highest BCUT2D eigenvalue weighted by Gasteiger charge is 2.48. The fourth-order valence-corrected chi connectivity index (χ4v) is 2.00. The molecule has 0 unspecified atom stereocenters. The molecule has 0 spiro atoms. The number of hydrogen-bond acceptors (Lipinski definition) is 3. The number of aliphatic hydroxyl groups is 1. The average molecular weight is 311 g/mol. The van der Waals surface area contributed by atoms with E-state index < -0.39 is 41.7 Å². The third kappa shape index (κ3) is 2.59. The van der Waals surface area contributed by atoms with Crippen molar-refractivity contribution in [2.24, 2.45) is 0 Å². The van der Waals surface area contributed by atoms with Crippen molar-refractivity contribution in [1.82, 2.24) is 0 Å². The first-order chi connectivity index (χ1) is 9.91. The first kappa shape index (κ1) is 12.0. The van der Waals surface area contributed by atoms with E-state index in [1.807, 2.05) is 0 Å². The molecule has 1 heterocycles. The van der Waals surface area contributed by atoms with Crippen LogP contribution in [0.15, 0.2) is 17.7 Å². The van der Waals surface area contributed by atoms with Crippen LogP contribution in [-0.2, 0) is 11.4 Å². The second-order valence-corrected chi connectivity index (χ2v) is 4.36. The second kappa shape index (κ2) is 4.99. The largest absolute Gasteiger partial charge is 0.478 e. The Hall–Kier alpha value is -1.73. The van der Waals surface area contributed by atoms with E-state index in [0.717, 1.165) is 12.1 Å². The van der Waals surface area contributed by atoms with Gasteiger partial charge in [-0.15, -0.1) is 0 Å². The lowest BCUT2D eigenvalue weighted by molar-refractivity contribution is -0.187. The number of carboxylic acids is 1. The van der Waals surface area contributed by atoms with E-state index in [2.05, 4.69) is 4.74 Å². The van der Waals surface area contributed by atoms with E-state index in [1.54, 1.807) is 0 Å². The van der Waals surface area contributed by atoms with E-state index >= 15 is 0 Å². The van der Waals surface area contributed by atoms with Gasteiger partial charge < -0.3 is 14.9 Å². The number of aliphatic carboxylic acids is 1. The van der Waals surface area contributed by atoms with Gasteiger partial charge in [0.15, 0.2) is 0 Å². The molecule has 108 valence electrons. The summed E-state index contributed by atoms with van der Waals surface area (Å²) >= 11 is 5.71. The fraction of sp³-hybridized carbons (Fsp3) is 0.250. The summed E-state index contributed by atoms with van der Waals surface area (Å²) < 4.78 is 57.9. The minimum Gasteiger partial charge on any atom is -0.478 e. The normalized spacial score (nSPS) is 20.2. The highest BCUT2D eigenvalue weighted by Crippen LogP contribution is 2.40. The molecule has 1 aliphatic rings. The van der Waals surface area contributed by atoms with Gasteiger partial charge in [0.25, 0.3) is 0 Å². The summed E-state index contributed by atoms with van der Waals surface area (Å²) in [5.74, 6) is -2.44. The van der Waals surface area contributed by atoms with Gasteiger partial charge in [-0.05, 0) is 18.2 Å². The zero-order chi connectivity index (χ0) is 16.9. The number of benzene rings is 1. The fourth-order valence-electron chi connectivity index (χ4n) is 1.78. The number of fused-ring (bicyclic) bond motifs is 1. The molecule has 20 heavy (non-hydrogen) atoms. The SMILES string of the molecule is [2H]C([2H])(O)c1cc(Cl)cc2c1O[C@H](C(F)(F)F)C(C(=O)O)=C2. The molecule has 1 aliphatic heterocycles. The zero-order valence-corrected chi connectivity index (χ0v) is 10.3. The maximum atomic E-state index is 12.9. The van der Waals surface area contributed by atoms with Crippen LogP contribution >= 0.6 is 11.6 Å². The van der Waals surface area contributed by atoms with E-state index in [0.29, 0.717) is 6.08 Å². The maximum Gasteiger partial charge on any atom is 0.430 e. The van der Waals surface area contributed by atoms with Crippen molar-refractivity contribution in [1.29, 1.82) is 0 Å². The zero-order valence-electron chi connectivity index (χ0n) is 11.5. The van der Waals surface area contributed by atoms with Crippen molar-refractivity contribution >= 4 is 23.6 Å². The molecule has 0 amide bonds. The summed E-state index contributed by atoms with van der Waals surface area (Å²) in [6.45, 7) is -3.01. The Morgan fingerprint density at radius 2 is 2.15 bits per heavy atom. The number of hydrogen-bond donors (Lipinski definition) is 2. The van der Waals surface area contributed by atoms with Gasteiger partial charge in [-0.2, -0.15) is 13.2 Å². The van der Waals surface area contributed by atoms with Crippen LogP contribution < -0.4 is 4.74 Å². The monoisotopic (exact) mass is 310 g/mol. The highest BCUT2D eigenvalue weighted by molar-refractivity contribution is 6.30. The van der Waals surface area contributed by atoms with Crippen molar-refractivity contribution < 1.29 is 35.7 Å². The van der Waals surface area contributed by atoms with Crippen LogP contribution in [0.1, 0.15) is 13.9 Å². The Morgan fingerprint density at radius 3 is 2.65 bits per heavy atom. The van der Waals surface area contributed by atoms with Crippen molar-refractivity contribution in [3.8, 4) is 5.75 Å². The maximum absolute atomic E-state index is 12.9. The first-order valence-electron chi connectivity index (χ1n) is 6.16. The summed E-state index contributed by atoms with van der Waals surface area (Å²) in [5, 5.41) is 18.2. The second-order valence-electron chi connectivity index (χ2n) is 3.93. The summed E-state index contributed by atoms with van der Waals surface area (Å²) in [6.07, 6.45) is -7.11. The molecule has 1 atom stereocenters. The van der Waals surface area contributed by atoms with Gasteiger partial charge in [-0.25, -0.2) is 4.79 Å². The summed E-state index contributed by atoms with van der Waals surface area (Å²) in [5.41, 5.74) is -1.85. The highest BCUT2D eigenvalue weighted by atomic mass is 35.5. The number of alkyl halides is 3. The minimum atomic E-state index is -5.03. The van der Waals surface area contributed by atoms with Gasteiger partial charge in [0.05, 0.1) is 14.9 Å². The van der Waals surface area contributed by atoms with Gasteiger partial charge in [0.1, 0.15) is 5.75 Å². The van der Waals surface area contributed by atoms with Crippen LogP contribution in [-0.4, -0.2) is 28.5 Å². The third-order valence-electron chi connectivity index (χ3n) is 2.58. The number of ether oxygens (including phenoxy) is 1. The Kier molecular flexibility index (Phi) is 3.00. The van der Waals surface area contributed by atoms with Crippen molar-refractivity contribution in [2.75, 3.05) is 0 Å². The molecular formula is C12H8ClF3O4. The number of halogens is 4. The lowest BCUT2D eigenvalue weighted by Gasteiger charge is -2.28. The van der Waals surface area contributed by atoms with Crippen LogP contribution in [0.2, 0.25) is 5.02 Å². The van der Waals surface area contributed by atoms with Gasteiger partial charge in [-0.1, -0.05) is 11.6 Å². The van der Waals surface area contributed by atoms with E-state index in [9.17, 15) is 23.1 Å². The Morgan fingerprint density at radius 1 is 1.50 bits per heavy atom. The van der Waals surface area contributed by atoms with Gasteiger partial charge in [-0.3, -0.25) is 0 Å². The molecule has 0 bridgehead atoms. The molecule has 8 heteroatoms. The van der Waals surface area contributed by atoms with E-state index in [-0.39, 0.29) is 10.6 Å². The van der Waals surface area contributed by atoms with Crippen LogP contribution in [0.3, 0.4) is 0 Å². The first-order valence-corrected chi connectivity index (χ1v) is 5.53. The van der Waals surface area contributed by atoms with Gasteiger partial charge in [0, 0.05) is 16.1 Å². The molecule has 2 N–H and O–H groups in total. The lowest BCUT2D eigenvalue weighted by atomic mass is 9.99. The Balaban J connectivity index is 2.71. The quantitative estimate of drug-likeness (QED) is 0.881. The van der Waals surface area contributed by atoms with Crippen molar-refractivity contribution in [3.05, 3.63) is 33.9 Å². The number of rotatable bonds is 2. The van der Waals surface area contributed by atoms with Crippen molar-refractivity contribution in [3.63, 3.8) is 0 Å². The van der Waals surface area contributed by atoms with Crippen LogP contribution in [0, 0.1) is 0 Å². The molecule has 0 fully saturated rings. The minimum absolute atomic E-state index is 0.0956. The summed E-state index contributed by atoms with van der Waals surface area (Å²) in [6, 6.07) is 2.02. The topological polar surface area (TPSA) is 66.8 Å². The molecule has 0 aromatic heterocycles. The standard InChI is InChI=1S/C12H8ClF3O4/c13-7-1-5-3-8(11(18)19)10(12(14,15)16)20-9(5)6(2-7)4-17/h1-3,10,17H,4H2,(H,18,19)/t10-/m0/s1/i4D2. The summed E-state index contributed by atoms with van der Waals surface area (Å²) in [7, 11) is 0. The van der Waals surface area contributed by atoms with E-state index in [4.69, 9.17) is 19.4 Å². The number of carbonyl (C=O) groups is 1. The molecule has 1 aromatic rings. The smallest absolute Gasteiger partial charge is 0.430 e. The molecular weight excluding hydrogens is 301 g/mol. The molecule has 1 aromatic carbocycles. The molecule has 0 radical (unpaired) electrons. The Bertz CT molecular complexity index is 668. The molecule has 0 aliphatic carbocycles. The predicted octanol–water partition coefficient (Wildman–Crippen LogP) is 2.62. The molecule has 2 rings (SSSR count). The molecule has 4 nitrogen and oxygen atoms in total. The van der Waals surface area contributed by atoms with Crippen molar-refractivity contribution in [2.45, 2.75) is 18.8 Å². The third-order valence-corrected chi connectivity index (χ3v) is 2.79. The number of carboxylic acid groups (broad SMARTS) is 1. The van der Waals surface area contributed by atoms with Crippen LogP contribution in [0.5, 0.6) is 5.75 Å². The summed E-state index contributed by atoms with van der Waals surface area (Å²) in [4.78, 5) is 11.0. The molecule has 0 saturated heterocycles. The van der Waals surface area contributed by atoms with E-state index in [1.165, 1.54) is 0 Å². The van der Waals surface area contributed by atoms with Gasteiger partial charge >= 0.3 is 12.1 Å². The van der Waals surface area contributed by atoms with Gasteiger partial charge in [0.2, 0.25) is 6.10 Å². The lowest BCUT2D eigenvalue weighted by Crippen LogP contribution is -2.40. The predicted molar refractivity (Wildman–Crippen MR) is 63.5 cm³/mol. The van der Waals surface area contributed by atoms with Crippen LogP contribution in [0.25, 0.3) is 6.08 Å². The Labute approximate surface area is 118 Å². The van der Waals surface area contributed by atoms with Crippen LogP contribution in [0.4, 0.5) is 13.2 Å². The molecule has 0 saturated carbocycles.